The molecule has 0 aromatic heterocycles. The number of hydrogen-bond donors (Lipinski definition) is 2. The maximum absolute atomic E-state index is 12.6. The van der Waals surface area contributed by atoms with Crippen molar-refractivity contribution in [1.29, 1.82) is 5.26 Å². The summed E-state index contributed by atoms with van der Waals surface area (Å²) in [6.45, 7) is 0. The zero-order valence-corrected chi connectivity index (χ0v) is 13.1. The van der Waals surface area contributed by atoms with Crippen molar-refractivity contribution in [3.8, 4) is 6.07 Å². The number of carbonyl (C=O) groups excluding carboxylic acids is 2. The second-order valence-electron chi connectivity index (χ2n) is 6.50. The molecule has 120 valence electrons. The quantitative estimate of drug-likeness (QED) is 0.839. The summed E-state index contributed by atoms with van der Waals surface area (Å²) < 4.78 is 0. The van der Waals surface area contributed by atoms with Gasteiger partial charge in [-0.3, -0.25) is 9.59 Å². The molecule has 2 aliphatic carbocycles. The van der Waals surface area contributed by atoms with Gasteiger partial charge in [0.05, 0.1) is 11.3 Å². The molecule has 2 N–H and O–H groups in total. The Morgan fingerprint density at radius 1 is 1.09 bits per heavy atom. The van der Waals surface area contributed by atoms with Crippen LogP contribution in [0.2, 0.25) is 0 Å². The lowest BCUT2D eigenvalue weighted by Gasteiger charge is -2.25. The topological polar surface area (TPSA) is 82.0 Å². The van der Waals surface area contributed by atoms with Gasteiger partial charge in [0.2, 0.25) is 11.8 Å². The summed E-state index contributed by atoms with van der Waals surface area (Å²) in [6, 6.07) is 9.10. The maximum atomic E-state index is 12.6. The van der Waals surface area contributed by atoms with Crippen molar-refractivity contribution in [1.82, 2.24) is 5.32 Å². The smallest absolute Gasteiger partial charge is 0.240 e. The summed E-state index contributed by atoms with van der Waals surface area (Å²) in [5.74, 6) is -0.454. The number of nitrogens with zero attached hydrogens (tertiary/aromatic N) is 1. The SMILES string of the molecule is N#Cc1ccccc1NC(=O)C1(C(=O)NC2CCCCC2)CC1. The summed E-state index contributed by atoms with van der Waals surface area (Å²) in [4.78, 5) is 25.1. The van der Waals surface area contributed by atoms with E-state index in [1.165, 1.54) is 6.42 Å². The Bertz CT molecular complexity index is 652. The van der Waals surface area contributed by atoms with Crippen LogP contribution in [0, 0.1) is 16.7 Å². The minimum Gasteiger partial charge on any atom is -0.352 e. The van der Waals surface area contributed by atoms with Crippen molar-refractivity contribution in [3.63, 3.8) is 0 Å². The van der Waals surface area contributed by atoms with E-state index in [4.69, 9.17) is 5.26 Å². The number of nitriles is 1. The van der Waals surface area contributed by atoms with Crippen LogP contribution in [0.15, 0.2) is 24.3 Å². The highest BCUT2D eigenvalue weighted by molar-refractivity contribution is 6.13. The number of amides is 2. The number of nitrogens with one attached hydrogen (secondary N) is 2. The van der Waals surface area contributed by atoms with E-state index in [1.807, 2.05) is 0 Å². The highest BCUT2D eigenvalue weighted by atomic mass is 16.2. The molecule has 0 bridgehead atoms. The molecule has 2 aliphatic rings. The summed E-state index contributed by atoms with van der Waals surface area (Å²) in [6.07, 6.45) is 6.65. The fourth-order valence-corrected chi connectivity index (χ4v) is 3.18. The van der Waals surface area contributed by atoms with Gasteiger partial charge in [-0.1, -0.05) is 31.4 Å². The van der Waals surface area contributed by atoms with E-state index in [1.54, 1.807) is 24.3 Å². The fourth-order valence-electron chi connectivity index (χ4n) is 3.18. The van der Waals surface area contributed by atoms with Gasteiger partial charge in [0.25, 0.3) is 0 Å². The Labute approximate surface area is 136 Å². The highest BCUT2D eigenvalue weighted by Crippen LogP contribution is 2.47. The normalized spacial score (nSPS) is 19.4. The third-order valence-corrected chi connectivity index (χ3v) is 4.86. The van der Waals surface area contributed by atoms with Crippen LogP contribution in [0.4, 0.5) is 5.69 Å². The molecule has 3 rings (SSSR count). The number of hydrogen-bond acceptors (Lipinski definition) is 3. The molecule has 23 heavy (non-hydrogen) atoms. The second-order valence-corrected chi connectivity index (χ2v) is 6.50. The van der Waals surface area contributed by atoms with Crippen molar-refractivity contribution < 1.29 is 9.59 Å². The zero-order chi connectivity index (χ0) is 16.3. The van der Waals surface area contributed by atoms with Gasteiger partial charge in [-0.2, -0.15) is 5.26 Å². The van der Waals surface area contributed by atoms with E-state index >= 15 is 0 Å². The van der Waals surface area contributed by atoms with Crippen molar-refractivity contribution >= 4 is 17.5 Å². The standard InChI is InChI=1S/C18H21N3O2/c19-12-13-6-4-5-9-15(13)21-17(23)18(10-11-18)16(22)20-14-7-2-1-3-8-14/h4-6,9,14H,1-3,7-8,10-11H2,(H,20,22)(H,21,23). The average molecular weight is 311 g/mol. The van der Waals surface area contributed by atoms with Crippen LogP contribution in [-0.4, -0.2) is 17.9 Å². The number of rotatable bonds is 4. The molecule has 0 unspecified atom stereocenters. The molecule has 2 saturated carbocycles. The summed E-state index contributed by atoms with van der Waals surface area (Å²) >= 11 is 0. The molecular formula is C18H21N3O2. The Morgan fingerprint density at radius 3 is 2.43 bits per heavy atom. The third-order valence-electron chi connectivity index (χ3n) is 4.86. The largest absolute Gasteiger partial charge is 0.352 e. The molecule has 0 aliphatic heterocycles. The molecular weight excluding hydrogens is 290 g/mol. The minimum absolute atomic E-state index is 0.156. The van der Waals surface area contributed by atoms with E-state index in [0.29, 0.717) is 24.1 Å². The Kier molecular flexibility index (Phi) is 4.33. The lowest BCUT2D eigenvalue weighted by atomic mass is 9.94. The monoisotopic (exact) mass is 311 g/mol. The lowest BCUT2D eigenvalue weighted by Crippen LogP contribution is -2.45. The predicted octanol–water partition coefficient (Wildman–Crippen LogP) is 2.73. The maximum Gasteiger partial charge on any atom is 0.240 e. The third kappa shape index (κ3) is 3.21. The van der Waals surface area contributed by atoms with E-state index < -0.39 is 5.41 Å². The van der Waals surface area contributed by atoms with Crippen molar-refractivity contribution in [3.05, 3.63) is 29.8 Å². The zero-order valence-electron chi connectivity index (χ0n) is 13.1. The molecule has 0 spiro atoms. The number of carbonyl (C=O) groups is 2. The van der Waals surface area contributed by atoms with Gasteiger partial charge in [0.1, 0.15) is 11.5 Å². The van der Waals surface area contributed by atoms with Crippen molar-refractivity contribution in [2.45, 2.75) is 51.0 Å². The first-order valence-corrected chi connectivity index (χ1v) is 8.27. The van der Waals surface area contributed by atoms with Gasteiger partial charge in [-0.15, -0.1) is 0 Å². The molecule has 0 heterocycles. The molecule has 1 aromatic carbocycles. The van der Waals surface area contributed by atoms with Gasteiger partial charge < -0.3 is 10.6 Å². The van der Waals surface area contributed by atoms with E-state index in [-0.39, 0.29) is 17.9 Å². The minimum atomic E-state index is -0.944. The van der Waals surface area contributed by atoms with E-state index in [9.17, 15) is 9.59 Å². The van der Waals surface area contributed by atoms with E-state index in [0.717, 1.165) is 25.7 Å². The summed E-state index contributed by atoms with van der Waals surface area (Å²) in [5, 5.41) is 14.9. The number of para-hydroxylation sites is 1. The van der Waals surface area contributed by atoms with Crippen LogP contribution >= 0.6 is 0 Å². The first kappa shape index (κ1) is 15.5. The number of benzene rings is 1. The average Bonchev–Trinajstić information content (AvgIpc) is 3.38. The Hall–Kier alpha value is -2.35. The predicted molar refractivity (Wildman–Crippen MR) is 86.5 cm³/mol. The first-order chi connectivity index (χ1) is 11.2. The fraction of sp³-hybridized carbons (Fsp3) is 0.500. The first-order valence-electron chi connectivity index (χ1n) is 8.27. The van der Waals surface area contributed by atoms with Crippen LogP contribution in [-0.2, 0) is 9.59 Å². The van der Waals surface area contributed by atoms with Crippen LogP contribution in [0.25, 0.3) is 0 Å². The second kappa shape index (κ2) is 6.41. The Balaban J connectivity index is 1.66. The van der Waals surface area contributed by atoms with Crippen molar-refractivity contribution in [2.24, 2.45) is 5.41 Å². The van der Waals surface area contributed by atoms with Crippen LogP contribution in [0.1, 0.15) is 50.5 Å². The van der Waals surface area contributed by atoms with Crippen molar-refractivity contribution in [2.75, 3.05) is 5.32 Å². The van der Waals surface area contributed by atoms with Gasteiger partial charge in [-0.05, 0) is 37.8 Å². The number of anilines is 1. The Morgan fingerprint density at radius 2 is 1.78 bits per heavy atom. The molecule has 0 saturated heterocycles. The van der Waals surface area contributed by atoms with Gasteiger partial charge in [0, 0.05) is 6.04 Å². The van der Waals surface area contributed by atoms with E-state index in [2.05, 4.69) is 16.7 Å². The molecule has 0 atom stereocenters. The molecule has 5 nitrogen and oxygen atoms in total. The summed E-state index contributed by atoms with van der Waals surface area (Å²) in [7, 11) is 0. The molecule has 1 aromatic rings. The molecule has 2 amide bonds. The lowest BCUT2D eigenvalue weighted by molar-refractivity contribution is -0.135. The van der Waals surface area contributed by atoms with Gasteiger partial charge in [0.15, 0.2) is 0 Å². The molecule has 2 fully saturated rings. The highest BCUT2D eigenvalue weighted by Gasteiger charge is 2.56. The molecule has 5 heteroatoms. The van der Waals surface area contributed by atoms with Gasteiger partial charge >= 0.3 is 0 Å². The van der Waals surface area contributed by atoms with Crippen LogP contribution in [0.3, 0.4) is 0 Å². The van der Waals surface area contributed by atoms with Crippen LogP contribution in [0.5, 0.6) is 0 Å². The van der Waals surface area contributed by atoms with Crippen LogP contribution < -0.4 is 10.6 Å². The summed E-state index contributed by atoms with van der Waals surface area (Å²) in [5.41, 5.74) is -0.0684. The molecule has 0 radical (unpaired) electrons. The van der Waals surface area contributed by atoms with Gasteiger partial charge in [-0.25, -0.2) is 0 Å².